The summed E-state index contributed by atoms with van der Waals surface area (Å²) in [6.07, 6.45) is 2.85. The van der Waals surface area contributed by atoms with Crippen LogP contribution in [0.5, 0.6) is 0 Å². The van der Waals surface area contributed by atoms with Crippen LogP contribution in [-0.4, -0.2) is 31.6 Å². The average molecular weight is 560 g/mol. The predicted octanol–water partition coefficient (Wildman–Crippen LogP) is 5.03. The number of hydrogen-bond donors (Lipinski definition) is 3. The Hall–Kier alpha value is -5.16. The molecule has 0 saturated heterocycles. The maximum absolute atomic E-state index is 14.7. The van der Waals surface area contributed by atoms with E-state index in [9.17, 15) is 18.4 Å². The number of nitrogen functional groups attached to an aromatic ring is 1. The number of amides is 2. The van der Waals surface area contributed by atoms with Crippen molar-refractivity contribution in [2.45, 2.75) is 6.54 Å². The van der Waals surface area contributed by atoms with Crippen molar-refractivity contribution < 1.29 is 18.4 Å². The number of para-hydroxylation sites is 1. The standard InChI is InChI=1S/C28H20ClF2N7O2/c29-20-12-22(31)19(26-21(30)7-4-10-33-26)11-18(20)27(39)36-25-13-23(37-38(25)17-5-2-1-3-6-17)28(40)35-15-16-8-9-24(32)34-14-16/h1-14H,15H2,(H2,32,34)(H,35,40)(H,36,39). The molecule has 4 N–H and O–H groups in total. The molecule has 0 spiro atoms. The molecule has 2 amide bonds. The van der Waals surface area contributed by atoms with Crippen LogP contribution in [0.1, 0.15) is 26.4 Å². The minimum absolute atomic E-state index is 0.0176. The fourth-order valence-corrected chi connectivity index (χ4v) is 4.07. The highest BCUT2D eigenvalue weighted by Gasteiger charge is 2.22. The first kappa shape index (κ1) is 26.4. The number of aromatic nitrogens is 4. The Morgan fingerprint density at radius 1 is 0.925 bits per heavy atom. The maximum atomic E-state index is 14.7. The molecule has 2 aromatic carbocycles. The topological polar surface area (TPSA) is 128 Å². The monoisotopic (exact) mass is 559 g/mol. The largest absolute Gasteiger partial charge is 0.384 e. The van der Waals surface area contributed by atoms with E-state index in [1.807, 2.05) is 0 Å². The molecule has 5 aromatic rings. The normalized spacial score (nSPS) is 10.8. The fraction of sp³-hybridized carbons (Fsp3) is 0.0357. The van der Waals surface area contributed by atoms with Crippen LogP contribution < -0.4 is 16.4 Å². The summed E-state index contributed by atoms with van der Waals surface area (Å²) < 4.78 is 30.4. The third-order valence-corrected chi connectivity index (χ3v) is 6.11. The van der Waals surface area contributed by atoms with Gasteiger partial charge in [-0.05, 0) is 48.0 Å². The van der Waals surface area contributed by atoms with Crippen LogP contribution in [0.3, 0.4) is 0 Å². The molecular weight excluding hydrogens is 540 g/mol. The highest BCUT2D eigenvalue weighted by molar-refractivity contribution is 6.34. The molecule has 3 heterocycles. The van der Waals surface area contributed by atoms with Gasteiger partial charge in [0.2, 0.25) is 0 Å². The zero-order valence-corrected chi connectivity index (χ0v) is 21.4. The van der Waals surface area contributed by atoms with Gasteiger partial charge < -0.3 is 16.4 Å². The van der Waals surface area contributed by atoms with Gasteiger partial charge in [-0.15, -0.1) is 0 Å². The van der Waals surface area contributed by atoms with E-state index in [1.54, 1.807) is 48.7 Å². The Morgan fingerprint density at radius 2 is 1.73 bits per heavy atom. The molecule has 40 heavy (non-hydrogen) atoms. The number of anilines is 2. The predicted molar refractivity (Wildman–Crippen MR) is 146 cm³/mol. The second kappa shape index (κ2) is 11.3. The lowest BCUT2D eigenvalue weighted by Gasteiger charge is -2.11. The summed E-state index contributed by atoms with van der Waals surface area (Å²) in [4.78, 5) is 34.1. The van der Waals surface area contributed by atoms with Crippen molar-refractivity contribution in [3.05, 3.63) is 119 Å². The first-order valence-electron chi connectivity index (χ1n) is 11.9. The van der Waals surface area contributed by atoms with Crippen LogP contribution in [-0.2, 0) is 6.54 Å². The average Bonchev–Trinajstić information content (AvgIpc) is 3.37. The van der Waals surface area contributed by atoms with Gasteiger partial charge in [-0.25, -0.2) is 18.4 Å². The van der Waals surface area contributed by atoms with Crippen molar-refractivity contribution in [3.8, 4) is 16.9 Å². The lowest BCUT2D eigenvalue weighted by atomic mass is 10.1. The number of nitrogens with zero attached hydrogens (tertiary/aromatic N) is 4. The summed E-state index contributed by atoms with van der Waals surface area (Å²) in [5.41, 5.74) is 6.26. The summed E-state index contributed by atoms with van der Waals surface area (Å²) in [5, 5.41) is 9.59. The third kappa shape index (κ3) is 5.64. The number of carbonyl (C=O) groups is 2. The molecule has 0 aliphatic rings. The summed E-state index contributed by atoms with van der Waals surface area (Å²) >= 11 is 6.20. The van der Waals surface area contributed by atoms with Gasteiger partial charge in [0.05, 0.1) is 16.3 Å². The second-order valence-electron chi connectivity index (χ2n) is 8.54. The molecule has 0 atom stereocenters. The first-order valence-corrected chi connectivity index (χ1v) is 12.2. The minimum Gasteiger partial charge on any atom is -0.384 e. The van der Waals surface area contributed by atoms with Gasteiger partial charge in [-0.1, -0.05) is 35.9 Å². The van der Waals surface area contributed by atoms with Crippen molar-refractivity contribution in [2.24, 2.45) is 0 Å². The van der Waals surface area contributed by atoms with Crippen LogP contribution in [0.2, 0.25) is 5.02 Å². The highest BCUT2D eigenvalue weighted by Crippen LogP contribution is 2.30. The van der Waals surface area contributed by atoms with Crippen LogP contribution in [0.4, 0.5) is 20.4 Å². The van der Waals surface area contributed by atoms with Gasteiger partial charge >= 0.3 is 0 Å². The summed E-state index contributed by atoms with van der Waals surface area (Å²) in [6, 6.07) is 18.1. The Balaban J connectivity index is 1.45. The highest BCUT2D eigenvalue weighted by atomic mass is 35.5. The second-order valence-corrected chi connectivity index (χ2v) is 8.94. The van der Waals surface area contributed by atoms with Crippen LogP contribution >= 0.6 is 11.6 Å². The van der Waals surface area contributed by atoms with Gasteiger partial charge in [-0.2, -0.15) is 5.10 Å². The zero-order chi connectivity index (χ0) is 28.2. The van der Waals surface area contributed by atoms with E-state index in [-0.39, 0.29) is 39.9 Å². The summed E-state index contributed by atoms with van der Waals surface area (Å²) in [5.74, 6) is -2.35. The lowest BCUT2D eigenvalue weighted by molar-refractivity contribution is 0.0944. The number of halogens is 3. The Bertz CT molecular complexity index is 1710. The van der Waals surface area contributed by atoms with Gasteiger partial charge in [0.15, 0.2) is 5.69 Å². The van der Waals surface area contributed by atoms with Gasteiger partial charge in [0.1, 0.15) is 29.0 Å². The van der Waals surface area contributed by atoms with Crippen LogP contribution in [0.25, 0.3) is 16.9 Å². The number of nitrogens with one attached hydrogen (secondary N) is 2. The van der Waals surface area contributed by atoms with Gasteiger partial charge in [-0.3, -0.25) is 14.6 Å². The molecular formula is C28H20ClF2N7O2. The van der Waals surface area contributed by atoms with E-state index in [2.05, 4.69) is 25.7 Å². The smallest absolute Gasteiger partial charge is 0.272 e. The lowest BCUT2D eigenvalue weighted by Crippen LogP contribution is -2.23. The third-order valence-electron chi connectivity index (χ3n) is 5.80. The molecule has 0 fully saturated rings. The van der Waals surface area contributed by atoms with Crippen LogP contribution in [0, 0.1) is 11.6 Å². The molecule has 0 radical (unpaired) electrons. The molecule has 0 aliphatic heterocycles. The Morgan fingerprint density at radius 3 is 2.45 bits per heavy atom. The Kier molecular flexibility index (Phi) is 7.47. The number of carbonyl (C=O) groups excluding carboxylic acids is 2. The van der Waals surface area contributed by atoms with E-state index in [1.165, 1.54) is 23.0 Å². The number of hydrogen-bond acceptors (Lipinski definition) is 6. The number of nitrogens with two attached hydrogens (primary N) is 1. The van der Waals surface area contributed by atoms with E-state index in [0.717, 1.165) is 23.8 Å². The van der Waals surface area contributed by atoms with E-state index in [0.29, 0.717) is 11.5 Å². The molecule has 200 valence electrons. The van der Waals surface area contributed by atoms with Crippen molar-refractivity contribution in [1.29, 1.82) is 0 Å². The number of rotatable bonds is 7. The molecule has 0 unspecified atom stereocenters. The quantitative estimate of drug-likeness (QED) is 0.257. The summed E-state index contributed by atoms with van der Waals surface area (Å²) in [7, 11) is 0. The first-order chi connectivity index (χ1) is 19.3. The van der Waals surface area contributed by atoms with E-state index >= 15 is 0 Å². The van der Waals surface area contributed by atoms with E-state index < -0.39 is 23.4 Å². The van der Waals surface area contributed by atoms with Gasteiger partial charge in [0, 0.05) is 30.6 Å². The van der Waals surface area contributed by atoms with E-state index in [4.69, 9.17) is 17.3 Å². The molecule has 12 heteroatoms. The molecule has 0 saturated carbocycles. The maximum Gasteiger partial charge on any atom is 0.272 e. The Labute approximate surface area is 231 Å². The van der Waals surface area contributed by atoms with Crippen molar-refractivity contribution in [3.63, 3.8) is 0 Å². The molecule has 3 aromatic heterocycles. The number of benzene rings is 2. The van der Waals surface area contributed by atoms with Crippen molar-refractivity contribution >= 4 is 35.1 Å². The van der Waals surface area contributed by atoms with Crippen LogP contribution in [0.15, 0.2) is 85.2 Å². The fourth-order valence-electron chi connectivity index (χ4n) is 3.83. The molecule has 0 aliphatic carbocycles. The van der Waals surface area contributed by atoms with Crippen molar-refractivity contribution in [2.75, 3.05) is 11.1 Å². The summed E-state index contributed by atoms with van der Waals surface area (Å²) in [6.45, 7) is 0.171. The molecule has 9 nitrogen and oxygen atoms in total. The SMILES string of the molecule is Nc1ccc(CNC(=O)c2cc(NC(=O)c3cc(-c4ncccc4F)c(F)cc3Cl)n(-c3ccccc3)n2)cn1. The zero-order valence-electron chi connectivity index (χ0n) is 20.6. The molecule has 5 rings (SSSR count). The van der Waals surface area contributed by atoms with Gasteiger partial charge in [0.25, 0.3) is 11.8 Å². The minimum atomic E-state index is -0.844. The number of pyridine rings is 2. The molecule has 0 bridgehead atoms. The van der Waals surface area contributed by atoms with Crippen molar-refractivity contribution in [1.82, 2.24) is 25.1 Å².